The molecule has 0 bridgehead atoms. The number of benzene rings is 1. The highest BCUT2D eigenvalue weighted by Crippen LogP contribution is 2.32. The van der Waals surface area contributed by atoms with Gasteiger partial charge in [-0.15, -0.1) is 16.4 Å². The Morgan fingerprint density at radius 2 is 2.25 bits per heavy atom. The number of anilines is 1. The first-order chi connectivity index (χ1) is 9.72. The fourth-order valence-electron chi connectivity index (χ4n) is 1.71. The fourth-order valence-corrected chi connectivity index (χ4v) is 3.44. The molecule has 102 valence electrons. The third-order valence-electron chi connectivity index (χ3n) is 2.62. The molecule has 5 nitrogen and oxygen atoms in total. The number of nitrogens with one attached hydrogen (secondary N) is 1. The van der Waals surface area contributed by atoms with E-state index >= 15 is 0 Å². The van der Waals surface area contributed by atoms with Crippen molar-refractivity contribution >= 4 is 44.6 Å². The molecule has 0 saturated heterocycles. The van der Waals surface area contributed by atoms with Gasteiger partial charge in [0, 0.05) is 21.6 Å². The second-order valence-electron chi connectivity index (χ2n) is 3.99. The van der Waals surface area contributed by atoms with Gasteiger partial charge in [0.1, 0.15) is 10.7 Å². The van der Waals surface area contributed by atoms with Crippen LogP contribution in [0.25, 0.3) is 5.69 Å². The van der Waals surface area contributed by atoms with Gasteiger partial charge in [0.15, 0.2) is 0 Å². The summed E-state index contributed by atoms with van der Waals surface area (Å²) in [7, 11) is 0. The molecule has 0 radical (unpaired) electrons. The molecule has 2 aromatic heterocycles. The molecule has 1 aromatic carbocycles. The Morgan fingerprint density at radius 1 is 1.35 bits per heavy atom. The topological polar surface area (TPSA) is 55.6 Å². The quantitative estimate of drug-likeness (QED) is 0.760. The van der Waals surface area contributed by atoms with Crippen molar-refractivity contribution in [2.45, 2.75) is 6.54 Å². The summed E-state index contributed by atoms with van der Waals surface area (Å²) in [5, 5.41) is 14.5. The maximum atomic E-state index is 6.02. The van der Waals surface area contributed by atoms with Gasteiger partial charge >= 0.3 is 0 Å². The lowest BCUT2D eigenvalue weighted by molar-refractivity contribution is 0.789. The fraction of sp³-hybridized carbons (Fsp3) is 0.0833. The highest BCUT2D eigenvalue weighted by molar-refractivity contribution is 9.10. The predicted octanol–water partition coefficient (Wildman–Crippen LogP) is 3.75. The number of thiophene rings is 1. The van der Waals surface area contributed by atoms with Crippen molar-refractivity contribution in [2.24, 2.45) is 0 Å². The number of nitrogens with zero attached hydrogens (tertiary/aromatic N) is 4. The van der Waals surface area contributed by atoms with E-state index in [1.807, 2.05) is 30.3 Å². The third kappa shape index (κ3) is 3.00. The Bertz CT molecular complexity index is 693. The van der Waals surface area contributed by atoms with E-state index in [4.69, 9.17) is 11.6 Å². The van der Waals surface area contributed by atoms with Crippen molar-refractivity contribution < 1.29 is 0 Å². The summed E-state index contributed by atoms with van der Waals surface area (Å²) in [6.07, 6.45) is 1.56. The molecule has 1 N–H and O–H groups in total. The normalized spacial score (nSPS) is 10.7. The average Bonchev–Trinajstić information content (AvgIpc) is 3.08. The van der Waals surface area contributed by atoms with Crippen LogP contribution in [-0.4, -0.2) is 20.2 Å². The average molecular weight is 371 g/mol. The first kappa shape index (κ1) is 13.5. The van der Waals surface area contributed by atoms with Crippen molar-refractivity contribution in [2.75, 3.05) is 5.32 Å². The Hall–Kier alpha value is -1.44. The van der Waals surface area contributed by atoms with E-state index in [2.05, 4.69) is 36.8 Å². The molecular weight excluding hydrogens is 362 g/mol. The molecule has 0 amide bonds. The van der Waals surface area contributed by atoms with Gasteiger partial charge in [-0.1, -0.05) is 17.7 Å². The maximum absolute atomic E-state index is 6.02. The molecule has 3 rings (SSSR count). The molecule has 0 spiro atoms. The summed E-state index contributed by atoms with van der Waals surface area (Å²) in [4.78, 5) is 1.16. The third-order valence-corrected chi connectivity index (χ3v) is 5.10. The largest absolute Gasteiger partial charge is 0.380 e. The Balaban J connectivity index is 1.73. The summed E-state index contributed by atoms with van der Waals surface area (Å²) in [5.41, 5.74) is 1.91. The van der Waals surface area contributed by atoms with Gasteiger partial charge in [-0.25, -0.2) is 4.68 Å². The number of hydrogen-bond acceptors (Lipinski definition) is 5. The molecule has 0 atom stereocenters. The van der Waals surface area contributed by atoms with Crippen LogP contribution >= 0.6 is 38.9 Å². The Kier molecular flexibility index (Phi) is 4.00. The zero-order chi connectivity index (χ0) is 13.9. The number of aromatic nitrogens is 4. The number of halogens is 2. The lowest BCUT2D eigenvalue weighted by Gasteiger charge is -2.06. The summed E-state index contributed by atoms with van der Waals surface area (Å²) in [6.45, 7) is 0.717. The minimum Gasteiger partial charge on any atom is -0.380 e. The van der Waals surface area contributed by atoms with Gasteiger partial charge in [-0.05, 0) is 50.6 Å². The second-order valence-corrected chi connectivity index (χ2v) is 6.59. The van der Waals surface area contributed by atoms with Crippen LogP contribution in [0.4, 0.5) is 5.69 Å². The standard InChI is InChI=1S/C12H9BrClN5S/c13-11-5-10(20-12(11)14)6-15-8-2-1-3-9(4-8)19-7-16-17-18-19/h1-5,7,15H,6H2. The van der Waals surface area contributed by atoms with Crippen molar-refractivity contribution in [3.63, 3.8) is 0 Å². The smallest absolute Gasteiger partial charge is 0.143 e. The Morgan fingerprint density at radius 3 is 2.95 bits per heavy atom. The zero-order valence-electron chi connectivity index (χ0n) is 10.1. The van der Waals surface area contributed by atoms with Crippen molar-refractivity contribution in [3.8, 4) is 5.69 Å². The van der Waals surface area contributed by atoms with Crippen LogP contribution in [0.5, 0.6) is 0 Å². The van der Waals surface area contributed by atoms with E-state index in [0.29, 0.717) is 0 Å². The van der Waals surface area contributed by atoms with Gasteiger partial charge < -0.3 is 5.32 Å². The highest BCUT2D eigenvalue weighted by atomic mass is 79.9. The molecular formula is C12H9BrClN5S. The van der Waals surface area contributed by atoms with Crippen LogP contribution in [0.2, 0.25) is 4.34 Å². The van der Waals surface area contributed by atoms with Gasteiger partial charge in [0.05, 0.1) is 5.69 Å². The predicted molar refractivity (Wildman–Crippen MR) is 83.5 cm³/mol. The van der Waals surface area contributed by atoms with E-state index in [9.17, 15) is 0 Å². The summed E-state index contributed by atoms with van der Waals surface area (Å²) >= 11 is 11.0. The first-order valence-electron chi connectivity index (χ1n) is 5.73. The molecule has 20 heavy (non-hydrogen) atoms. The molecule has 2 heterocycles. The second kappa shape index (κ2) is 5.90. The monoisotopic (exact) mass is 369 g/mol. The zero-order valence-corrected chi connectivity index (χ0v) is 13.3. The van der Waals surface area contributed by atoms with Crippen LogP contribution in [-0.2, 0) is 6.54 Å². The van der Waals surface area contributed by atoms with Gasteiger partial charge in [0.25, 0.3) is 0 Å². The molecule has 8 heteroatoms. The van der Waals surface area contributed by atoms with E-state index in [-0.39, 0.29) is 0 Å². The van der Waals surface area contributed by atoms with Crippen LogP contribution < -0.4 is 5.32 Å². The van der Waals surface area contributed by atoms with E-state index in [1.54, 1.807) is 22.3 Å². The first-order valence-corrected chi connectivity index (χ1v) is 7.72. The summed E-state index contributed by atoms with van der Waals surface area (Å²) in [5.74, 6) is 0. The van der Waals surface area contributed by atoms with Crippen LogP contribution in [0, 0.1) is 0 Å². The van der Waals surface area contributed by atoms with E-state index in [1.165, 1.54) is 0 Å². The van der Waals surface area contributed by atoms with Gasteiger partial charge in [-0.2, -0.15) is 0 Å². The lowest BCUT2D eigenvalue weighted by Crippen LogP contribution is -2.00. The van der Waals surface area contributed by atoms with Gasteiger partial charge in [-0.3, -0.25) is 0 Å². The summed E-state index contributed by atoms with van der Waals surface area (Å²) in [6, 6.07) is 9.90. The summed E-state index contributed by atoms with van der Waals surface area (Å²) < 4.78 is 3.32. The number of tetrazole rings is 1. The maximum Gasteiger partial charge on any atom is 0.143 e. The van der Waals surface area contributed by atoms with Crippen molar-refractivity contribution in [1.29, 1.82) is 0 Å². The molecule has 3 aromatic rings. The molecule has 0 aliphatic rings. The van der Waals surface area contributed by atoms with Crippen LogP contribution in [0.15, 0.2) is 41.1 Å². The van der Waals surface area contributed by atoms with Gasteiger partial charge in [0.2, 0.25) is 0 Å². The molecule has 0 saturated carbocycles. The molecule has 0 fully saturated rings. The number of rotatable bonds is 4. The molecule has 0 unspecified atom stereocenters. The van der Waals surface area contributed by atoms with E-state index in [0.717, 1.165) is 31.6 Å². The van der Waals surface area contributed by atoms with Crippen LogP contribution in [0.3, 0.4) is 0 Å². The van der Waals surface area contributed by atoms with Crippen molar-refractivity contribution in [3.05, 3.63) is 50.3 Å². The minimum absolute atomic E-state index is 0.717. The number of hydrogen-bond donors (Lipinski definition) is 1. The van der Waals surface area contributed by atoms with Crippen molar-refractivity contribution in [1.82, 2.24) is 20.2 Å². The van der Waals surface area contributed by atoms with E-state index < -0.39 is 0 Å². The highest BCUT2D eigenvalue weighted by Gasteiger charge is 2.05. The molecule has 0 aliphatic heterocycles. The Labute approximate surface area is 132 Å². The SMILES string of the molecule is Clc1sc(CNc2cccc(-n3cnnn3)c2)cc1Br. The molecule has 0 aliphatic carbocycles. The van der Waals surface area contributed by atoms with Crippen LogP contribution in [0.1, 0.15) is 4.88 Å². The lowest BCUT2D eigenvalue weighted by atomic mass is 10.2. The minimum atomic E-state index is 0.717.